The summed E-state index contributed by atoms with van der Waals surface area (Å²) in [5, 5.41) is 11.6. The SMILES string of the molecule is N#Cc1ccc(CC(=O)NCCc2cccnc2)cc1. The van der Waals surface area contributed by atoms with Crippen molar-refractivity contribution in [1.29, 1.82) is 5.26 Å². The quantitative estimate of drug-likeness (QED) is 0.897. The maximum atomic E-state index is 11.8. The first-order valence-corrected chi connectivity index (χ1v) is 6.42. The molecule has 0 fully saturated rings. The van der Waals surface area contributed by atoms with Crippen LogP contribution in [0.25, 0.3) is 0 Å². The standard InChI is InChI=1S/C16H15N3O/c17-11-14-5-3-13(4-6-14)10-16(20)19-9-7-15-2-1-8-18-12-15/h1-6,8,12H,7,9-10H2,(H,19,20). The van der Waals surface area contributed by atoms with Gasteiger partial charge in [0.15, 0.2) is 0 Å². The number of carbonyl (C=O) groups is 1. The van der Waals surface area contributed by atoms with Crippen LogP contribution in [0.3, 0.4) is 0 Å². The molecule has 4 nitrogen and oxygen atoms in total. The van der Waals surface area contributed by atoms with Gasteiger partial charge in [-0.15, -0.1) is 0 Å². The third-order valence-corrected chi connectivity index (χ3v) is 2.91. The molecule has 0 atom stereocenters. The van der Waals surface area contributed by atoms with E-state index in [1.165, 1.54) is 0 Å². The topological polar surface area (TPSA) is 65.8 Å². The Labute approximate surface area is 118 Å². The Bertz CT molecular complexity index is 600. The van der Waals surface area contributed by atoms with Gasteiger partial charge in [0.25, 0.3) is 0 Å². The van der Waals surface area contributed by atoms with Crippen molar-refractivity contribution < 1.29 is 4.79 Å². The highest BCUT2D eigenvalue weighted by atomic mass is 16.1. The van der Waals surface area contributed by atoms with Crippen LogP contribution in [-0.4, -0.2) is 17.4 Å². The molecule has 1 N–H and O–H groups in total. The van der Waals surface area contributed by atoms with Crippen molar-refractivity contribution in [1.82, 2.24) is 10.3 Å². The summed E-state index contributed by atoms with van der Waals surface area (Å²) in [5.41, 5.74) is 2.61. The van der Waals surface area contributed by atoms with Crippen molar-refractivity contribution >= 4 is 5.91 Å². The lowest BCUT2D eigenvalue weighted by Crippen LogP contribution is -2.27. The van der Waals surface area contributed by atoms with Crippen LogP contribution in [0.1, 0.15) is 16.7 Å². The molecule has 0 spiro atoms. The molecule has 0 radical (unpaired) electrons. The molecule has 2 aromatic rings. The maximum Gasteiger partial charge on any atom is 0.224 e. The number of amides is 1. The molecule has 1 aromatic heterocycles. The molecule has 0 aliphatic carbocycles. The third-order valence-electron chi connectivity index (χ3n) is 2.91. The third kappa shape index (κ3) is 4.21. The lowest BCUT2D eigenvalue weighted by molar-refractivity contribution is -0.120. The summed E-state index contributed by atoms with van der Waals surface area (Å²) < 4.78 is 0. The number of benzene rings is 1. The lowest BCUT2D eigenvalue weighted by Gasteiger charge is -2.05. The Morgan fingerprint density at radius 3 is 2.65 bits per heavy atom. The Hall–Kier alpha value is -2.67. The first-order chi connectivity index (χ1) is 9.78. The number of rotatable bonds is 5. The molecule has 4 heteroatoms. The van der Waals surface area contributed by atoms with E-state index < -0.39 is 0 Å². The molecular weight excluding hydrogens is 250 g/mol. The van der Waals surface area contributed by atoms with Crippen molar-refractivity contribution in [3.63, 3.8) is 0 Å². The second kappa shape index (κ2) is 7.05. The average molecular weight is 265 g/mol. The van der Waals surface area contributed by atoms with Gasteiger partial charge in [-0.25, -0.2) is 0 Å². The van der Waals surface area contributed by atoms with Gasteiger partial charge in [-0.2, -0.15) is 5.26 Å². The van der Waals surface area contributed by atoms with Gasteiger partial charge in [-0.1, -0.05) is 18.2 Å². The van der Waals surface area contributed by atoms with Crippen molar-refractivity contribution in [2.45, 2.75) is 12.8 Å². The summed E-state index contributed by atoms with van der Waals surface area (Å²) in [7, 11) is 0. The highest BCUT2D eigenvalue weighted by molar-refractivity contribution is 5.78. The lowest BCUT2D eigenvalue weighted by atomic mass is 10.1. The van der Waals surface area contributed by atoms with E-state index in [0.717, 1.165) is 17.5 Å². The molecule has 1 aromatic carbocycles. The number of nitrogens with one attached hydrogen (secondary N) is 1. The number of nitrogens with zero attached hydrogens (tertiary/aromatic N) is 2. The normalized spacial score (nSPS) is 9.75. The highest BCUT2D eigenvalue weighted by Crippen LogP contribution is 2.04. The van der Waals surface area contributed by atoms with Gasteiger partial charge in [-0.05, 0) is 35.7 Å². The molecule has 0 aliphatic heterocycles. The fraction of sp³-hybridized carbons (Fsp3) is 0.188. The van der Waals surface area contributed by atoms with Crippen LogP contribution >= 0.6 is 0 Å². The molecule has 1 heterocycles. The Balaban J connectivity index is 1.76. The number of nitriles is 1. The minimum atomic E-state index is -0.0152. The van der Waals surface area contributed by atoms with Crippen molar-refractivity contribution in [2.24, 2.45) is 0 Å². The zero-order chi connectivity index (χ0) is 14.2. The number of carbonyl (C=O) groups excluding carboxylic acids is 1. The van der Waals surface area contributed by atoms with E-state index in [9.17, 15) is 4.79 Å². The molecule has 1 amide bonds. The predicted molar refractivity (Wildman–Crippen MR) is 75.8 cm³/mol. The molecule has 0 saturated heterocycles. The summed E-state index contributed by atoms with van der Waals surface area (Å²) in [6.45, 7) is 0.598. The first-order valence-electron chi connectivity index (χ1n) is 6.42. The van der Waals surface area contributed by atoms with Crippen molar-refractivity contribution in [3.05, 3.63) is 65.5 Å². The molecule has 0 aliphatic rings. The van der Waals surface area contributed by atoms with Crippen LogP contribution in [0.15, 0.2) is 48.8 Å². The minimum absolute atomic E-state index is 0.0152. The number of hydrogen-bond donors (Lipinski definition) is 1. The van der Waals surface area contributed by atoms with E-state index >= 15 is 0 Å². The number of aromatic nitrogens is 1. The van der Waals surface area contributed by atoms with Crippen LogP contribution in [0, 0.1) is 11.3 Å². The number of hydrogen-bond acceptors (Lipinski definition) is 3. The van der Waals surface area contributed by atoms with Gasteiger partial charge < -0.3 is 5.32 Å². The number of pyridine rings is 1. The van der Waals surface area contributed by atoms with Crippen molar-refractivity contribution in [3.8, 4) is 6.07 Å². The van der Waals surface area contributed by atoms with E-state index in [-0.39, 0.29) is 5.91 Å². The summed E-state index contributed by atoms with van der Waals surface area (Å²) in [4.78, 5) is 15.8. The maximum absolute atomic E-state index is 11.8. The van der Waals surface area contributed by atoms with E-state index in [1.807, 2.05) is 12.1 Å². The molecule has 100 valence electrons. The summed E-state index contributed by atoms with van der Waals surface area (Å²) in [5.74, 6) is -0.0152. The largest absolute Gasteiger partial charge is 0.355 e. The Morgan fingerprint density at radius 2 is 2.00 bits per heavy atom. The molecule has 0 saturated carbocycles. The van der Waals surface area contributed by atoms with Gasteiger partial charge >= 0.3 is 0 Å². The van der Waals surface area contributed by atoms with Gasteiger partial charge in [0.2, 0.25) is 5.91 Å². The summed E-state index contributed by atoms with van der Waals surface area (Å²) in [6, 6.07) is 13.0. The predicted octanol–water partition coefficient (Wildman–Crippen LogP) is 1.85. The van der Waals surface area contributed by atoms with Gasteiger partial charge in [0, 0.05) is 18.9 Å². The highest BCUT2D eigenvalue weighted by Gasteiger charge is 2.03. The Morgan fingerprint density at radius 1 is 1.20 bits per heavy atom. The zero-order valence-electron chi connectivity index (χ0n) is 11.0. The van der Waals surface area contributed by atoms with Crippen LogP contribution in [0.2, 0.25) is 0 Å². The van der Waals surface area contributed by atoms with Crippen LogP contribution in [0.4, 0.5) is 0 Å². The molecule has 2 rings (SSSR count). The second-order valence-electron chi connectivity index (χ2n) is 4.45. The summed E-state index contributed by atoms with van der Waals surface area (Å²) >= 11 is 0. The fourth-order valence-electron chi connectivity index (χ4n) is 1.84. The van der Waals surface area contributed by atoms with E-state index in [1.54, 1.807) is 36.7 Å². The van der Waals surface area contributed by atoms with Crippen LogP contribution in [-0.2, 0) is 17.6 Å². The second-order valence-corrected chi connectivity index (χ2v) is 4.45. The fourth-order valence-corrected chi connectivity index (χ4v) is 1.84. The smallest absolute Gasteiger partial charge is 0.224 e. The summed E-state index contributed by atoms with van der Waals surface area (Å²) in [6.07, 6.45) is 4.63. The molecule has 0 unspecified atom stereocenters. The van der Waals surface area contributed by atoms with Gasteiger partial charge in [-0.3, -0.25) is 9.78 Å². The van der Waals surface area contributed by atoms with Crippen LogP contribution < -0.4 is 5.32 Å². The zero-order valence-corrected chi connectivity index (χ0v) is 11.0. The molecule has 0 bridgehead atoms. The van der Waals surface area contributed by atoms with Crippen molar-refractivity contribution in [2.75, 3.05) is 6.54 Å². The van der Waals surface area contributed by atoms with E-state index in [2.05, 4.69) is 16.4 Å². The Kier molecular flexibility index (Phi) is 4.85. The first kappa shape index (κ1) is 13.8. The minimum Gasteiger partial charge on any atom is -0.355 e. The van der Waals surface area contributed by atoms with E-state index in [0.29, 0.717) is 18.5 Å². The van der Waals surface area contributed by atoms with E-state index in [4.69, 9.17) is 5.26 Å². The molecule has 20 heavy (non-hydrogen) atoms. The average Bonchev–Trinajstić information content (AvgIpc) is 2.49. The van der Waals surface area contributed by atoms with Gasteiger partial charge in [0.1, 0.15) is 0 Å². The van der Waals surface area contributed by atoms with Gasteiger partial charge in [0.05, 0.1) is 18.1 Å². The van der Waals surface area contributed by atoms with Crippen LogP contribution in [0.5, 0.6) is 0 Å². The molecular formula is C16H15N3O. The monoisotopic (exact) mass is 265 g/mol.